The number of aliphatic carboxylic acids is 1. The molecule has 0 unspecified atom stereocenters. The van der Waals surface area contributed by atoms with Crippen molar-refractivity contribution in [2.75, 3.05) is 11.9 Å². The SMILES string of the molecule is Cc1ccc(CC(=O)Nc2ccc(OCC(=O)O)c3ccccc23)o1. The predicted octanol–water partition coefficient (Wildman–Crippen LogP) is 3.39. The van der Waals surface area contributed by atoms with Gasteiger partial charge in [-0.25, -0.2) is 4.79 Å². The molecule has 2 N–H and O–H groups in total. The minimum Gasteiger partial charge on any atom is -0.481 e. The lowest BCUT2D eigenvalue weighted by Gasteiger charge is -2.12. The highest BCUT2D eigenvalue weighted by Gasteiger charge is 2.12. The van der Waals surface area contributed by atoms with Crippen molar-refractivity contribution in [1.29, 1.82) is 0 Å². The molecule has 3 aromatic rings. The van der Waals surface area contributed by atoms with Crippen LogP contribution in [0.1, 0.15) is 11.5 Å². The van der Waals surface area contributed by atoms with E-state index in [2.05, 4.69) is 5.32 Å². The number of benzene rings is 2. The van der Waals surface area contributed by atoms with Gasteiger partial charge in [0.25, 0.3) is 0 Å². The van der Waals surface area contributed by atoms with Crippen molar-refractivity contribution in [2.45, 2.75) is 13.3 Å². The summed E-state index contributed by atoms with van der Waals surface area (Å²) in [4.78, 5) is 23.0. The molecule has 0 aliphatic carbocycles. The molecule has 0 saturated carbocycles. The highest BCUT2D eigenvalue weighted by atomic mass is 16.5. The zero-order chi connectivity index (χ0) is 17.8. The molecule has 0 aliphatic heterocycles. The maximum Gasteiger partial charge on any atom is 0.341 e. The maximum absolute atomic E-state index is 12.3. The van der Waals surface area contributed by atoms with E-state index < -0.39 is 12.6 Å². The molecule has 1 amide bonds. The third-order valence-corrected chi connectivity index (χ3v) is 3.64. The maximum atomic E-state index is 12.3. The molecule has 6 heteroatoms. The minimum absolute atomic E-state index is 0.138. The highest BCUT2D eigenvalue weighted by Crippen LogP contribution is 2.31. The van der Waals surface area contributed by atoms with Gasteiger partial charge in [0, 0.05) is 16.5 Å². The van der Waals surface area contributed by atoms with Crippen molar-refractivity contribution in [3.8, 4) is 5.75 Å². The molecule has 2 aromatic carbocycles. The Hall–Kier alpha value is -3.28. The molecule has 0 radical (unpaired) electrons. The van der Waals surface area contributed by atoms with Crippen LogP contribution in [0.5, 0.6) is 5.75 Å². The summed E-state index contributed by atoms with van der Waals surface area (Å²) in [5.41, 5.74) is 0.631. The summed E-state index contributed by atoms with van der Waals surface area (Å²) in [6.45, 7) is 1.40. The summed E-state index contributed by atoms with van der Waals surface area (Å²) in [6, 6.07) is 14.3. The lowest BCUT2D eigenvalue weighted by Crippen LogP contribution is -2.14. The van der Waals surface area contributed by atoms with Gasteiger partial charge >= 0.3 is 5.97 Å². The predicted molar refractivity (Wildman–Crippen MR) is 92.9 cm³/mol. The van der Waals surface area contributed by atoms with Crippen molar-refractivity contribution < 1.29 is 23.8 Å². The Morgan fingerprint density at radius 2 is 1.84 bits per heavy atom. The van der Waals surface area contributed by atoms with E-state index in [4.69, 9.17) is 14.3 Å². The number of carboxylic acid groups (broad SMARTS) is 1. The average Bonchev–Trinajstić information content (AvgIpc) is 2.98. The Balaban J connectivity index is 1.83. The fraction of sp³-hybridized carbons (Fsp3) is 0.158. The number of nitrogens with one attached hydrogen (secondary N) is 1. The molecule has 25 heavy (non-hydrogen) atoms. The van der Waals surface area contributed by atoms with Crippen LogP contribution < -0.4 is 10.1 Å². The zero-order valence-electron chi connectivity index (χ0n) is 13.6. The lowest BCUT2D eigenvalue weighted by molar-refractivity contribution is -0.139. The van der Waals surface area contributed by atoms with Crippen molar-refractivity contribution >= 4 is 28.3 Å². The normalized spacial score (nSPS) is 10.6. The van der Waals surface area contributed by atoms with Crippen molar-refractivity contribution in [3.63, 3.8) is 0 Å². The Labute approximate surface area is 144 Å². The van der Waals surface area contributed by atoms with Gasteiger partial charge in [0.15, 0.2) is 6.61 Å². The number of carbonyl (C=O) groups excluding carboxylic acids is 1. The minimum atomic E-state index is -1.05. The van der Waals surface area contributed by atoms with Gasteiger partial charge in [0.1, 0.15) is 17.3 Å². The Morgan fingerprint density at radius 1 is 1.08 bits per heavy atom. The van der Waals surface area contributed by atoms with Crippen LogP contribution in [0, 0.1) is 6.92 Å². The van der Waals surface area contributed by atoms with Gasteiger partial charge in [-0.15, -0.1) is 0 Å². The van der Waals surface area contributed by atoms with E-state index in [1.807, 2.05) is 37.3 Å². The van der Waals surface area contributed by atoms with E-state index in [1.165, 1.54) is 0 Å². The second-order valence-corrected chi connectivity index (χ2v) is 5.58. The number of rotatable bonds is 6. The van der Waals surface area contributed by atoms with E-state index >= 15 is 0 Å². The summed E-state index contributed by atoms with van der Waals surface area (Å²) >= 11 is 0. The molecule has 1 aromatic heterocycles. The molecule has 0 bridgehead atoms. The van der Waals surface area contributed by atoms with E-state index in [0.717, 1.165) is 16.5 Å². The molecule has 128 valence electrons. The third-order valence-electron chi connectivity index (χ3n) is 3.64. The molecule has 0 spiro atoms. The van der Waals surface area contributed by atoms with Gasteiger partial charge in [-0.05, 0) is 31.2 Å². The number of aryl methyl sites for hydroxylation is 1. The standard InChI is InChI=1S/C19H17NO5/c1-12-6-7-13(25-12)10-18(21)20-16-8-9-17(24-11-19(22)23)15-5-3-2-4-14(15)16/h2-9H,10-11H2,1H3,(H,20,21)(H,22,23). The van der Waals surface area contributed by atoms with Crippen molar-refractivity contribution in [1.82, 2.24) is 0 Å². The molecule has 1 heterocycles. The average molecular weight is 339 g/mol. The van der Waals surface area contributed by atoms with Crippen LogP contribution in [0.2, 0.25) is 0 Å². The zero-order valence-corrected chi connectivity index (χ0v) is 13.6. The van der Waals surface area contributed by atoms with E-state index in [0.29, 0.717) is 17.2 Å². The first-order chi connectivity index (χ1) is 12.0. The lowest BCUT2D eigenvalue weighted by atomic mass is 10.1. The number of carboxylic acids is 1. The van der Waals surface area contributed by atoms with Crippen LogP contribution in [0.15, 0.2) is 52.9 Å². The van der Waals surface area contributed by atoms with Crippen LogP contribution in [-0.2, 0) is 16.0 Å². The molecular weight excluding hydrogens is 322 g/mol. The van der Waals surface area contributed by atoms with Crippen molar-refractivity contribution in [3.05, 3.63) is 60.1 Å². The molecular formula is C19H17NO5. The van der Waals surface area contributed by atoms with Gasteiger partial charge in [0.2, 0.25) is 5.91 Å². The molecule has 3 rings (SSSR count). The van der Waals surface area contributed by atoms with Gasteiger partial charge in [0.05, 0.1) is 6.42 Å². The van der Waals surface area contributed by atoms with Gasteiger partial charge in [-0.3, -0.25) is 4.79 Å². The first kappa shape index (κ1) is 16.6. The quantitative estimate of drug-likeness (QED) is 0.718. The summed E-state index contributed by atoms with van der Waals surface area (Å²) in [6.07, 6.45) is 0.138. The third kappa shape index (κ3) is 3.98. The Morgan fingerprint density at radius 3 is 2.52 bits per heavy atom. The van der Waals surface area contributed by atoms with E-state index in [1.54, 1.807) is 18.2 Å². The fourth-order valence-corrected chi connectivity index (χ4v) is 2.58. The van der Waals surface area contributed by atoms with Crippen molar-refractivity contribution in [2.24, 2.45) is 0 Å². The number of furan rings is 1. The molecule has 0 fully saturated rings. The number of hydrogen-bond acceptors (Lipinski definition) is 4. The van der Waals surface area contributed by atoms with Crippen LogP contribution >= 0.6 is 0 Å². The highest BCUT2D eigenvalue weighted by molar-refractivity contribution is 6.04. The van der Waals surface area contributed by atoms with E-state index in [9.17, 15) is 9.59 Å². The molecule has 0 aliphatic rings. The molecule has 6 nitrogen and oxygen atoms in total. The van der Waals surface area contributed by atoms with E-state index in [-0.39, 0.29) is 12.3 Å². The Kier molecular flexibility index (Phi) is 4.70. The monoisotopic (exact) mass is 339 g/mol. The van der Waals surface area contributed by atoms with Crippen LogP contribution in [0.3, 0.4) is 0 Å². The Bertz CT molecular complexity index is 928. The summed E-state index contributed by atoms with van der Waals surface area (Å²) < 4.78 is 10.7. The fourth-order valence-electron chi connectivity index (χ4n) is 2.58. The summed E-state index contributed by atoms with van der Waals surface area (Å²) in [5.74, 6) is 0.570. The number of anilines is 1. The molecule has 0 atom stereocenters. The van der Waals surface area contributed by atoms with Gasteiger partial charge < -0.3 is 19.6 Å². The first-order valence-corrected chi connectivity index (χ1v) is 7.74. The number of carbonyl (C=O) groups is 2. The number of ether oxygens (including phenoxy) is 1. The number of hydrogen-bond donors (Lipinski definition) is 2. The first-order valence-electron chi connectivity index (χ1n) is 7.74. The van der Waals surface area contributed by atoms with Crippen LogP contribution in [-0.4, -0.2) is 23.6 Å². The van der Waals surface area contributed by atoms with Gasteiger partial charge in [-0.1, -0.05) is 24.3 Å². The van der Waals surface area contributed by atoms with Crippen LogP contribution in [0.25, 0.3) is 10.8 Å². The second-order valence-electron chi connectivity index (χ2n) is 5.58. The summed E-state index contributed by atoms with van der Waals surface area (Å²) in [5, 5.41) is 13.1. The number of amides is 1. The molecule has 0 saturated heterocycles. The number of fused-ring (bicyclic) bond motifs is 1. The largest absolute Gasteiger partial charge is 0.481 e. The smallest absolute Gasteiger partial charge is 0.341 e. The van der Waals surface area contributed by atoms with Crippen LogP contribution in [0.4, 0.5) is 5.69 Å². The second kappa shape index (κ2) is 7.09. The topological polar surface area (TPSA) is 88.8 Å². The summed E-state index contributed by atoms with van der Waals surface area (Å²) in [7, 11) is 0. The van der Waals surface area contributed by atoms with Gasteiger partial charge in [-0.2, -0.15) is 0 Å².